The third kappa shape index (κ3) is 6.60. The van der Waals surface area contributed by atoms with Crippen LogP contribution in [0.5, 0.6) is 0 Å². The van der Waals surface area contributed by atoms with Gasteiger partial charge in [-0.1, -0.05) is 30.3 Å². The highest BCUT2D eigenvalue weighted by molar-refractivity contribution is 5.99. The second-order valence-corrected chi connectivity index (χ2v) is 8.01. The molecule has 11 heteroatoms. The molecule has 3 aromatic carbocycles. The summed E-state index contributed by atoms with van der Waals surface area (Å²) in [7, 11) is 0. The highest BCUT2D eigenvalue weighted by Crippen LogP contribution is 2.41. The normalized spacial score (nSPS) is 13.0. The average Bonchev–Trinajstić information content (AvgIpc) is 2.87. The number of esters is 2. The third-order valence-corrected chi connectivity index (χ3v) is 5.46. The Morgan fingerprint density at radius 2 is 1.03 bits per heavy atom. The number of benzene rings is 3. The van der Waals surface area contributed by atoms with E-state index >= 15 is 0 Å². The lowest BCUT2D eigenvalue weighted by atomic mass is 9.81. The summed E-state index contributed by atoms with van der Waals surface area (Å²) < 4.78 is 11.1. The third-order valence-electron chi connectivity index (χ3n) is 5.46. The second-order valence-electron chi connectivity index (χ2n) is 8.01. The van der Waals surface area contributed by atoms with E-state index in [0.717, 1.165) is 13.8 Å². The molecule has 0 spiro atoms. The lowest BCUT2D eigenvalue weighted by Gasteiger charge is -2.32. The van der Waals surface area contributed by atoms with Gasteiger partial charge in [0.05, 0.1) is 9.85 Å². The van der Waals surface area contributed by atoms with Crippen molar-refractivity contribution < 1.29 is 33.7 Å². The van der Waals surface area contributed by atoms with Crippen LogP contribution in [0, 0.1) is 26.1 Å². The fraction of sp³-hybridized carbons (Fsp3) is 0.192. The van der Waals surface area contributed by atoms with Crippen molar-refractivity contribution in [1.29, 1.82) is 0 Å². The smallest absolute Gasteiger partial charge is 0.303 e. The van der Waals surface area contributed by atoms with E-state index in [1.54, 1.807) is 18.2 Å². The Kier molecular flexibility index (Phi) is 8.41. The molecule has 0 aromatic heterocycles. The average molecular weight is 506 g/mol. The predicted molar refractivity (Wildman–Crippen MR) is 129 cm³/mol. The van der Waals surface area contributed by atoms with Crippen molar-refractivity contribution >= 4 is 29.1 Å². The summed E-state index contributed by atoms with van der Waals surface area (Å²) in [6.07, 6.45) is -2.66. The first kappa shape index (κ1) is 26.7. The van der Waals surface area contributed by atoms with Crippen molar-refractivity contribution in [3.63, 3.8) is 0 Å². The van der Waals surface area contributed by atoms with E-state index in [0.29, 0.717) is 0 Å². The van der Waals surface area contributed by atoms with Crippen LogP contribution in [0.2, 0.25) is 0 Å². The molecule has 0 saturated carbocycles. The van der Waals surface area contributed by atoms with Gasteiger partial charge in [-0.2, -0.15) is 0 Å². The maximum Gasteiger partial charge on any atom is 0.303 e. The Hall–Kier alpha value is -4.93. The van der Waals surface area contributed by atoms with Crippen LogP contribution in [0.4, 0.5) is 11.4 Å². The van der Waals surface area contributed by atoms with Crippen LogP contribution < -0.4 is 0 Å². The van der Waals surface area contributed by atoms with Gasteiger partial charge < -0.3 is 9.47 Å². The molecule has 3 aromatic rings. The second kappa shape index (κ2) is 11.7. The number of nitro groups is 2. The number of non-ortho nitro benzene ring substituents is 2. The van der Waals surface area contributed by atoms with Gasteiger partial charge in [0.1, 0.15) is 18.1 Å². The van der Waals surface area contributed by atoms with Crippen molar-refractivity contribution in [2.45, 2.75) is 26.1 Å². The van der Waals surface area contributed by atoms with Gasteiger partial charge in [0, 0.05) is 43.7 Å². The number of ether oxygens (including phenoxy) is 2. The molecule has 0 aliphatic carbocycles. The van der Waals surface area contributed by atoms with E-state index in [1.165, 1.54) is 60.7 Å². The zero-order valence-corrected chi connectivity index (χ0v) is 19.8. The minimum Gasteiger partial charge on any atom is -0.457 e. The number of nitro benzene ring substituents is 2. The first-order valence-electron chi connectivity index (χ1n) is 11.0. The van der Waals surface area contributed by atoms with Crippen LogP contribution in [0.1, 0.15) is 47.5 Å². The van der Waals surface area contributed by atoms with Crippen LogP contribution in [0.15, 0.2) is 78.9 Å². The fourth-order valence-electron chi connectivity index (χ4n) is 3.85. The standard InChI is InChI=1S/C26H22N2O9/c1-16(29)36-25(19-8-12-21(13-9-19)27(32)33)23(24(31)18-6-4-3-5-7-18)26(37-17(2)30)20-10-14-22(15-11-20)28(34)35/h3-15,23,25-26H,1-2H3/t23?,25-,26+. The van der Waals surface area contributed by atoms with Gasteiger partial charge >= 0.3 is 11.9 Å². The molecule has 0 heterocycles. The van der Waals surface area contributed by atoms with Gasteiger partial charge in [0.2, 0.25) is 0 Å². The summed E-state index contributed by atoms with van der Waals surface area (Å²) >= 11 is 0. The number of hydrogen-bond donors (Lipinski definition) is 0. The molecule has 1 unspecified atom stereocenters. The predicted octanol–water partition coefficient (Wildman–Crippen LogP) is 4.91. The zero-order chi connectivity index (χ0) is 27.1. The minimum absolute atomic E-state index is 0.219. The number of carbonyl (C=O) groups is 3. The number of nitrogens with zero attached hydrogens (tertiary/aromatic N) is 2. The molecule has 11 nitrogen and oxygen atoms in total. The molecule has 0 fully saturated rings. The molecule has 0 aliphatic heterocycles. The Balaban J connectivity index is 2.22. The number of ketones is 1. The van der Waals surface area contributed by atoms with E-state index in [2.05, 4.69) is 0 Å². The highest BCUT2D eigenvalue weighted by Gasteiger charge is 2.42. The van der Waals surface area contributed by atoms with E-state index in [9.17, 15) is 34.6 Å². The van der Waals surface area contributed by atoms with Crippen molar-refractivity contribution in [1.82, 2.24) is 0 Å². The van der Waals surface area contributed by atoms with Crippen molar-refractivity contribution in [3.8, 4) is 0 Å². The topological polar surface area (TPSA) is 156 Å². The van der Waals surface area contributed by atoms with Crippen LogP contribution in [-0.4, -0.2) is 27.6 Å². The molecule has 0 amide bonds. The molecule has 0 aliphatic rings. The van der Waals surface area contributed by atoms with Crippen LogP contribution in [0.25, 0.3) is 0 Å². The molecule has 190 valence electrons. The summed E-state index contributed by atoms with van der Waals surface area (Å²) in [5.74, 6) is -3.40. The van der Waals surface area contributed by atoms with Gasteiger partial charge in [-0.25, -0.2) is 0 Å². The quantitative estimate of drug-likeness (QED) is 0.161. The molecule has 37 heavy (non-hydrogen) atoms. The maximum atomic E-state index is 13.9. The van der Waals surface area contributed by atoms with Gasteiger partial charge in [-0.05, 0) is 35.4 Å². The van der Waals surface area contributed by atoms with Crippen LogP contribution in [-0.2, 0) is 19.1 Å². The lowest BCUT2D eigenvalue weighted by molar-refractivity contribution is -0.385. The summed E-state index contributed by atoms with van der Waals surface area (Å²) in [5, 5.41) is 22.3. The summed E-state index contributed by atoms with van der Waals surface area (Å²) in [5.41, 5.74) is 0.278. The monoisotopic (exact) mass is 506 g/mol. The summed E-state index contributed by atoms with van der Waals surface area (Å²) in [6.45, 7) is 2.27. The molecule has 0 bridgehead atoms. The number of carbonyl (C=O) groups excluding carboxylic acids is 3. The minimum atomic E-state index is -1.35. The highest BCUT2D eigenvalue weighted by atomic mass is 16.6. The van der Waals surface area contributed by atoms with Gasteiger partial charge in [-0.15, -0.1) is 0 Å². The lowest BCUT2D eigenvalue weighted by Crippen LogP contribution is -2.33. The zero-order valence-electron chi connectivity index (χ0n) is 19.8. The number of hydrogen-bond acceptors (Lipinski definition) is 9. The number of Topliss-reactive ketones (excluding diaryl/α,β-unsaturated/α-hetero) is 1. The van der Waals surface area contributed by atoms with Crippen LogP contribution >= 0.6 is 0 Å². The summed E-state index contributed by atoms with van der Waals surface area (Å²) in [4.78, 5) is 59.2. The van der Waals surface area contributed by atoms with Gasteiger partial charge in [0.25, 0.3) is 11.4 Å². The van der Waals surface area contributed by atoms with Crippen molar-refractivity contribution in [3.05, 3.63) is 116 Å². The molecule has 0 N–H and O–H groups in total. The summed E-state index contributed by atoms with van der Waals surface area (Å²) in [6, 6.07) is 18.2. The molecule has 3 rings (SSSR count). The Morgan fingerprint density at radius 3 is 1.35 bits per heavy atom. The van der Waals surface area contributed by atoms with Gasteiger partial charge in [-0.3, -0.25) is 34.6 Å². The van der Waals surface area contributed by atoms with Crippen LogP contribution in [0.3, 0.4) is 0 Å². The molecular formula is C26H22N2O9. The molecule has 0 saturated heterocycles. The Labute approximate surface area is 210 Å². The van der Waals surface area contributed by atoms with E-state index in [4.69, 9.17) is 9.47 Å². The van der Waals surface area contributed by atoms with E-state index in [1.807, 2.05) is 0 Å². The van der Waals surface area contributed by atoms with E-state index in [-0.39, 0.29) is 28.1 Å². The van der Waals surface area contributed by atoms with Crippen molar-refractivity contribution in [2.24, 2.45) is 5.92 Å². The first-order valence-corrected chi connectivity index (χ1v) is 11.0. The molecular weight excluding hydrogens is 484 g/mol. The maximum absolute atomic E-state index is 13.9. The van der Waals surface area contributed by atoms with Gasteiger partial charge in [0.15, 0.2) is 5.78 Å². The first-order chi connectivity index (χ1) is 17.6. The van der Waals surface area contributed by atoms with E-state index < -0.39 is 45.7 Å². The molecule has 0 radical (unpaired) electrons. The molecule has 3 atom stereocenters. The Bertz CT molecular complexity index is 1230. The largest absolute Gasteiger partial charge is 0.457 e. The Morgan fingerprint density at radius 1 is 0.649 bits per heavy atom. The SMILES string of the molecule is CC(=O)O[C@H](c1ccc([N+](=O)[O-])cc1)C(C(=O)c1ccccc1)[C@@H](OC(C)=O)c1ccc([N+](=O)[O-])cc1. The fourth-order valence-corrected chi connectivity index (χ4v) is 3.85. The van der Waals surface area contributed by atoms with Crippen molar-refractivity contribution in [2.75, 3.05) is 0 Å². The number of rotatable bonds is 10.